The number of para-hydroxylation sites is 1. The Labute approximate surface area is 150 Å². The summed E-state index contributed by atoms with van der Waals surface area (Å²) in [5.41, 5.74) is 3.83. The molecule has 3 rings (SSSR count). The van der Waals surface area contributed by atoms with Gasteiger partial charge in [0.2, 0.25) is 0 Å². The molecule has 0 bridgehead atoms. The standard InChI is InChI=1S/C18H20N2S3/c1-14-7-9-16(10-8-14)23-21-13-12-20-22-17-6-2-4-15-5-3-11-19-18(15)17/h2,4,6-11,20H,3,5,12-13H2,1H3. The van der Waals surface area contributed by atoms with Crippen LogP contribution in [0.25, 0.3) is 0 Å². The van der Waals surface area contributed by atoms with Gasteiger partial charge in [0.15, 0.2) is 0 Å². The fourth-order valence-corrected chi connectivity index (χ4v) is 5.10. The highest BCUT2D eigenvalue weighted by Crippen LogP contribution is 2.34. The van der Waals surface area contributed by atoms with Gasteiger partial charge in [0.25, 0.3) is 0 Å². The minimum absolute atomic E-state index is 0.974. The number of nitrogens with zero attached hydrogens (tertiary/aromatic N) is 1. The molecule has 0 saturated heterocycles. The highest BCUT2D eigenvalue weighted by atomic mass is 33.1. The van der Waals surface area contributed by atoms with Gasteiger partial charge in [-0.3, -0.25) is 9.71 Å². The normalized spacial score (nSPS) is 13.1. The number of aliphatic imine (C=N–C) groups is 1. The molecule has 1 N–H and O–H groups in total. The largest absolute Gasteiger partial charge is 0.260 e. The molecular formula is C18H20N2S3. The topological polar surface area (TPSA) is 24.4 Å². The average Bonchev–Trinajstić information content (AvgIpc) is 2.59. The summed E-state index contributed by atoms with van der Waals surface area (Å²) in [4.78, 5) is 7.11. The van der Waals surface area contributed by atoms with Gasteiger partial charge in [-0.1, -0.05) is 51.4 Å². The van der Waals surface area contributed by atoms with Crippen LogP contribution in [0, 0.1) is 6.92 Å². The maximum atomic E-state index is 4.56. The van der Waals surface area contributed by atoms with Crippen molar-refractivity contribution in [3.05, 3.63) is 53.6 Å². The predicted octanol–water partition coefficient (Wildman–Crippen LogP) is 5.68. The Morgan fingerprint density at radius 3 is 2.87 bits per heavy atom. The van der Waals surface area contributed by atoms with E-state index in [1.165, 1.54) is 20.9 Å². The van der Waals surface area contributed by atoms with Gasteiger partial charge in [0, 0.05) is 28.3 Å². The Bertz CT molecular complexity index is 668. The van der Waals surface area contributed by atoms with E-state index in [-0.39, 0.29) is 0 Å². The van der Waals surface area contributed by atoms with Gasteiger partial charge in [-0.25, -0.2) is 0 Å². The van der Waals surface area contributed by atoms with Crippen molar-refractivity contribution in [2.24, 2.45) is 4.99 Å². The van der Waals surface area contributed by atoms with Gasteiger partial charge in [0.05, 0.1) is 5.69 Å². The molecule has 0 radical (unpaired) electrons. The van der Waals surface area contributed by atoms with Gasteiger partial charge < -0.3 is 0 Å². The van der Waals surface area contributed by atoms with Crippen molar-refractivity contribution in [2.75, 3.05) is 12.3 Å². The molecule has 0 saturated carbocycles. The molecule has 0 unspecified atom stereocenters. The van der Waals surface area contributed by atoms with Crippen LogP contribution >= 0.6 is 33.5 Å². The third kappa shape index (κ3) is 5.05. The number of aryl methyl sites for hydroxylation is 2. The molecule has 0 aliphatic carbocycles. The molecule has 0 spiro atoms. The summed E-state index contributed by atoms with van der Waals surface area (Å²) in [7, 11) is 3.73. The summed E-state index contributed by atoms with van der Waals surface area (Å²) in [5, 5.41) is 0. The first-order valence-corrected chi connectivity index (χ1v) is 10.9. The molecule has 1 aliphatic rings. The summed E-state index contributed by atoms with van der Waals surface area (Å²) >= 11 is 1.70. The number of benzene rings is 2. The average molecular weight is 361 g/mol. The van der Waals surface area contributed by atoms with Gasteiger partial charge in [-0.2, -0.15) is 0 Å². The Hall–Kier alpha value is -0.880. The van der Waals surface area contributed by atoms with Crippen molar-refractivity contribution in [3.8, 4) is 0 Å². The zero-order valence-corrected chi connectivity index (χ0v) is 15.6. The monoisotopic (exact) mass is 360 g/mol. The lowest BCUT2D eigenvalue weighted by Gasteiger charge is -2.13. The molecule has 2 aromatic carbocycles. The Morgan fingerprint density at radius 1 is 1.13 bits per heavy atom. The maximum absolute atomic E-state index is 4.56. The number of hydrogen-bond donors (Lipinski definition) is 1. The zero-order valence-electron chi connectivity index (χ0n) is 13.1. The fraction of sp³-hybridized carbons (Fsp3) is 0.278. The SMILES string of the molecule is Cc1ccc(SSCCNSc2cccc3c2N=CCC3)cc1. The smallest absolute Gasteiger partial charge is 0.0806 e. The van der Waals surface area contributed by atoms with E-state index in [4.69, 9.17) is 0 Å². The van der Waals surface area contributed by atoms with E-state index in [1.54, 1.807) is 11.9 Å². The van der Waals surface area contributed by atoms with Gasteiger partial charge in [-0.05, 0) is 55.5 Å². The molecule has 2 nitrogen and oxygen atoms in total. The van der Waals surface area contributed by atoms with Crippen molar-refractivity contribution >= 4 is 45.4 Å². The summed E-state index contributed by atoms with van der Waals surface area (Å²) in [6.45, 7) is 3.09. The number of nitrogens with one attached hydrogen (secondary N) is 1. The Morgan fingerprint density at radius 2 is 2.00 bits per heavy atom. The highest BCUT2D eigenvalue weighted by Gasteiger charge is 2.10. The molecule has 0 fully saturated rings. The fourth-order valence-electron chi connectivity index (χ4n) is 2.29. The van der Waals surface area contributed by atoms with Gasteiger partial charge in [-0.15, -0.1) is 0 Å². The molecule has 0 aromatic heterocycles. The molecular weight excluding hydrogens is 340 g/mol. The maximum Gasteiger partial charge on any atom is 0.0806 e. The van der Waals surface area contributed by atoms with Crippen molar-refractivity contribution in [2.45, 2.75) is 29.6 Å². The van der Waals surface area contributed by atoms with E-state index in [2.05, 4.69) is 59.1 Å². The van der Waals surface area contributed by atoms with Crippen LogP contribution in [0.1, 0.15) is 17.5 Å². The van der Waals surface area contributed by atoms with Crippen LogP contribution in [0.3, 0.4) is 0 Å². The van der Waals surface area contributed by atoms with Crippen molar-refractivity contribution in [3.63, 3.8) is 0 Å². The first kappa shape index (κ1) is 17.0. The second-order valence-electron chi connectivity index (χ2n) is 5.33. The highest BCUT2D eigenvalue weighted by molar-refractivity contribution is 8.76. The lowest BCUT2D eigenvalue weighted by Crippen LogP contribution is -2.07. The van der Waals surface area contributed by atoms with E-state index in [1.807, 2.05) is 27.8 Å². The van der Waals surface area contributed by atoms with Crippen molar-refractivity contribution < 1.29 is 0 Å². The van der Waals surface area contributed by atoms with Crippen LogP contribution < -0.4 is 4.72 Å². The van der Waals surface area contributed by atoms with E-state index < -0.39 is 0 Å². The van der Waals surface area contributed by atoms with E-state index in [0.29, 0.717) is 0 Å². The van der Waals surface area contributed by atoms with Gasteiger partial charge >= 0.3 is 0 Å². The van der Waals surface area contributed by atoms with Crippen LogP contribution in [0.4, 0.5) is 5.69 Å². The van der Waals surface area contributed by atoms with E-state index in [0.717, 1.165) is 30.8 Å². The van der Waals surface area contributed by atoms with E-state index in [9.17, 15) is 0 Å². The number of fused-ring (bicyclic) bond motifs is 1. The molecule has 0 amide bonds. The first-order valence-electron chi connectivity index (χ1n) is 7.73. The summed E-state index contributed by atoms with van der Waals surface area (Å²) < 4.78 is 3.46. The second kappa shape index (κ2) is 8.83. The summed E-state index contributed by atoms with van der Waals surface area (Å²) in [6, 6.07) is 15.2. The third-order valence-corrected chi connectivity index (χ3v) is 6.77. The lowest BCUT2D eigenvalue weighted by molar-refractivity contribution is 1.01. The van der Waals surface area contributed by atoms with Crippen LogP contribution in [0.15, 0.2) is 57.2 Å². The number of hydrogen-bond acceptors (Lipinski definition) is 5. The molecule has 1 heterocycles. The molecule has 5 heteroatoms. The van der Waals surface area contributed by atoms with E-state index >= 15 is 0 Å². The van der Waals surface area contributed by atoms with Crippen molar-refractivity contribution in [1.82, 2.24) is 4.72 Å². The van der Waals surface area contributed by atoms with Crippen LogP contribution in [-0.4, -0.2) is 18.5 Å². The van der Waals surface area contributed by atoms with Crippen LogP contribution in [-0.2, 0) is 6.42 Å². The molecule has 120 valence electrons. The first-order chi connectivity index (χ1) is 11.3. The molecule has 0 atom stereocenters. The lowest BCUT2D eigenvalue weighted by atomic mass is 10.1. The Balaban J connectivity index is 1.39. The summed E-state index contributed by atoms with van der Waals surface area (Å²) in [6.07, 6.45) is 4.19. The van der Waals surface area contributed by atoms with Crippen molar-refractivity contribution in [1.29, 1.82) is 0 Å². The molecule has 23 heavy (non-hydrogen) atoms. The van der Waals surface area contributed by atoms with Crippen LogP contribution in [0.2, 0.25) is 0 Å². The summed E-state index contributed by atoms with van der Waals surface area (Å²) in [5.74, 6) is 1.07. The second-order valence-corrected chi connectivity index (χ2v) is 8.75. The quantitative estimate of drug-likeness (QED) is 0.390. The van der Waals surface area contributed by atoms with Crippen LogP contribution in [0.5, 0.6) is 0 Å². The molecule has 1 aliphatic heterocycles. The zero-order chi connectivity index (χ0) is 15.9. The minimum atomic E-state index is 0.974. The predicted molar refractivity (Wildman–Crippen MR) is 106 cm³/mol. The third-order valence-electron chi connectivity index (χ3n) is 3.49. The minimum Gasteiger partial charge on any atom is -0.260 e. The molecule has 2 aromatic rings. The number of rotatable bonds is 7. The Kier molecular flexibility index (Phi) is 6.51. The van der Waals surface area contributed by atoms with Gasteiger partial charge in [0.1, 0.15) is 0 Å².